The average molecular weight is 499 g/mol. The molecule has 2 fully saturated rings. The van der Waals surface area contributed by atoms with Crippen LogP contribution < -0.4 is 10.2 Å². The quantitative estimate of drug-likeness (QED) is 0.508. The monoisotopic (exact) mass is 498 g/mol. The highest BCUT2D eigenvalue weighted by Gasteiger charge is 2.30. The van der Waals surface area contributed by atoms with Crippen molar-refractivity contribution in [1.29, 1.82) is 0 Å². The molecule has 5 rings (SSSR count). The summed E-state index contributed by atoms with van der Waals surface area (Å²) in [5.74, 6) is -0.730. The lowest BCUT2D eigenvalue weighted by atomic mass is 10.0. The van der Waals surface area contributed by atoms with Crippen molar-refractivity contribution in [2.75, 3.05) is 49.6 Å². The van der Waals surface area contributed by atoms with Crippen LogP contribution in [0.2, 0.25) is 0 Å². The number of hydrogen-bond donors (Lipinski definition) is 1. The number of anilines is 2. The van der Waals surface area contributed by atoms with E-state index >= 15 is 0 Å². The van der Waals surface area contributed by atoms with Gasteiger partial charge in [-0.25, -0.2) is 13.2 Å². The SMILES string of the molecule is C[C@@H](Nc1ccnc2ccc(N3CCN(C(=O)[C@@H]4CCOC4)CC3)cc12)c1cccc(C(F)F)c1F. The molecule has 0 unspecified atom stereocenters. The minimum Gasteiger partial charge on any atom is -0.381 e. The number of piperazine rings is 1. The molecule has 190 valence electrons. The first kappa shape index (κ1) is 24.4. The molecule has 2 aromatic carbocycles. The van der Waals surface area contributed by atoms with E-state index in [0.29, 0.717) is 26.3 Å². The third kappa shape index (κ3) is 4.84. The lowest BCUT2D eigenvalue weighted by Gasteiger charge is -2.37. The van der Waals surface area contributed by atoms with E-state index in [2.05, 4.69) is 15.2 Å². The van der Waals surface area contributed by atoms with Gasteiger partial charge in [-0.15, -0.1) is 0 Å². The molecule has 0 aliphatic carbocycles. The van der Waals surface area contributed by atoms with E-state index in [-0.39, 0.29) is 17.4 Å². The maximum Gasteiger partial charge on any atom is 0.266 e. The van der Waals surface area contributed by atoms with Crippen LogP contribution >= 0.6 is 0 Å². The van der Waals surface area contributed by atoms with Crippen LogP contribution in [0.15, 0.2) is 48.7 Å². The van der Waals surface area contributed by atoms with E-state index < -0.39 is 23.8 Å². The van der Waals surface area contributed by atoms with E-state index in [9.17, 15) is 18.0 Å². The smallest absolute Gasteiger partial charge is 0.266 e. The first-order valence-corrected chi connectivity index (χ1v) is 12.3. The first-order valence-electron chi connectivity index (χ1n) is 12.3. The number of hydrogen-bond acceptors (Lipinski definition) is 5. The number of aromatic nitrogens is 1. The van der Waals surface area contributed by atoms with Gasteiger partial charge in [0, 0.05) is 61.3 Å². The summed E-state index contributed by atoms with van der Waals surface area (Å²) in [6.07, 6.45) is -0.412. The van der Waals surface area contributed by atoms with Crippen LogP contribution in [-0.2, 0) is 9.53 Å². The molecule has 9 heteroatoms. The summed E-state index contributed by atoms with van der Waals surface area (Å²) in [6.45, 7) is 5.66. The number of halogens is 3. The van der Waals surface area contributed by atoms with Gasteiger partial charge in [0.1, 0.15) is 5.82 Å². The average Bonchev–Trinajstić information content (AvgIpc) is 3.43. The van der Waals surface area contributed by atoms with Crippen molar-refractivity contribution in [1.82, 2.24) is 9.88 Å². The Morgan fingerprint density at radius 3 is 2.61 bits per heavy atom. The highest BCUT2D eigenvalue weighted by molar-refractivity contribution is 5.93. The van der Waals surface area contributed by atoms with Crippen LogP contribution in [0.25, 0.3) is 10.9 Å². The number of fused-ring (bicyclic) bond motifs is 1. The van der Waals surface area contributed by atoms with Crippen LogP contribution in [0.3, 0.4) is 0 Å². The molecule has 2 aliphatic heterocycles. The molecule has 1 amide bonds. The lowest BCUT2D eigenvalue weighted by molar-refractivity contribution is -0.135. The third-order valence-electron chi connectivity index (χ3n) is 7.09. The summed E-state index contributed by atoms with van der Waals surface area (Å²) in [6, 6.07) is 11.3. The van der Waals surface area contributed by atoms with Crippen molar-refractivity contribution in [2.45, 2.75) is 25.8 Å². The second kappa shape index (κ2) is 10.3. The van der Waals surface area contributed by atoms with Crippen molar-refractivity contribution in [3.8, 4) is 0 Å². The van der Waals surface area contributed by atoms with Gasteiger partial charge < -0.3 is 19.9 Å². The van der Waals surface area contributed by atoms with Crippen molar-refractivity contribution in [3.63, 3.8) is 0 Å². The van der Waals surface area contributed by atoms with Crippen molar-refractivity contribution < 1.29 is 22.7 Å². The predicted molar refractivity (Wildman–Crippen MR) is 133 cm³/mol. The Morgan fingerprint density at radius 1 is 1.11 bits per heavy atom. The normalized spacial score (nSPS) is 19.2. The zero-order chi connectivity index (χ0) is 25.2. The van der Waals surface area contributed by atoms with E-state index in [1.165, 1.54) is 12.1 Å². The molecular formula is C27H29F3N4O2. The van der Waals surface area contributed by atoms with Gasteiger partial charge in [-0.2, -0.15) is 0 Å². The summed E-state index contributed by atoms with van der Waals surface area (Å²) in [5.41, 5.74) is 2.11. The maximum absolute atomic E-state index is 14.7. The van der Waals surface area contributed by atoms with Crippen LogP contribution in [-0.4, -0.2) is 55.2 Å². The van der Waals surface area contributed by atoms with Gasteiger partial charge in [-0.05, 0) is 37.6 Å². The molecule has 0 spiro atoms. The summed E-state index contributed by atoms with van der Waals surface area (Å²) in [7, 11) is 0. The lowest BCUT2D eigenvalue weighted by Crippen LogP contribution is -2.50. The maximum atomic E-state index is 14.7. The molecule has 6 nitrogen and oxygen atoms in total. The summed E-state index contributed by atoms with van der Waals surface area (Å²) >= 11 is 0. The van der Waals surface area contributed by atoms with Gasteiger partial charge >= 0.3 is 0 Å². The number of nitrogens with zero attached hydrogens (tertiary/aromatic N) is 3. The fraction of sp³-hybridized carbons (Fsp3) is 0.407. The van der Waals surface area contributed by atoms with E-state index in [1.807, 2.05) is 23.1 Å². The number of rotatable bonds is 6. The Morgan fingerprint density at radius 2 is 1.89 bits per heavy atom. The fourth-order valence-corrected chi connectivity index (χ4v) is 5.01. The summed E-state index contributed by atoms with van der Waals surface area (Å²) in [5, 5.41) is 4.14. The highest BCUT2D eigenvalue weighted by atomic mass is 19.3. The first-order chi connectivity index (χ1) is 17.4. The zero-order valence-electron chi connectivity index (χ0n) is 20.1. The predicted octanol–water partition coefficient (Wildman–Crippen LogP) is 5.17. The van der Waals surface area contributed by atoms with Gasteiger partial charge in [-0.1, -0.05) is 18.2 Å². The molecule has 2 aliphatic rings. The number of benzene rings is 2. The largest absolute Gasteiger partial charge is 0.381 e. The number of ether oxygens (including phenoxy) is 1. The van der Waals surface area contributed by atoms with Crippen LogP contribution in [0, 0.1) is 11.7 Å². The number of pyridine rings is 1. The Kier molecular flexibility index (Phi) is 7.00. The molecule has 3 aromatic rings. The zero-order valence-corrected chi connectivity index (χ0v) is 20.1. The summed E-state index contributed by atoms with van der Waals surface area (Å²) in [4.78, 5) is 21.3. The van der Waals surface area contributed by atoms with Gasteiger partial charge in [0.25, 0.3) is 6.43 Å². The molecule has 1 N–H and O–H groups in total. The molecule has 2 atom stereocenters. The van der Waals surface area contributed by atoms with E-state index in [1.54, 1.807) is 19.2 Å². The Bertz CT molecular complexity index is 1240. The van der Waals surface area contributed by atoms with Gasteiger partial charge in [-0.3, -0.25) is 9.78 Å². The van der Waals surface area contributed by atoms with Crippen LogP contribution in [0.1, 0.15) is 36.9 Å². The minimum absolute atomic E-state index is 0.0230. The van der Waals surface area contributed by atoms with Crippen molar-refractivity contribution in [2.24, 2.45) is 5.92 Å². The number of carbonyl (C=O) groups excluding carboxylic acids is 1. The van der Waals surface area contributed by atoms with Gasteiger partial charge in [0.2, 0.25) is 5.91 Å². The van der Waals surface area contributed by atoms with Crippen LogP contribution in [0.4, 0.5) is 24.5 Å². The molecule has 1 aromatic heterocycles. The molecule has 36 heavy (non-hydrogen) atoms. The van der Waals surface area contributed by atoms with E-state index in [4.69, 9.17) is 4.74 Å². The third-order valence-corrected chi connectivity index (χ3v) is 7.09. The number of amides is 1. The number of nitrogens with one attached hydrogen (secondary N) is 1. The van der Waals surface area contributed by atoms with E-state index in [0.717, 1.165) is 47.9 Å². The Balaban J connectivity index is 1.33. The van der Waals surface area contributed by atoms with Gasteiger partial charge in [0.05, 0.1) is 29.6 Å². The standard InChI is InChI=1S/C27H29F3N4O2/c1-17(20-3-2-4-21(25(20)28)26(29)30)32-24-7-9-31-23-6-5-19(15-22(23)24)33-10-12-34(13-11-33)27(35)18-8-14-36-16-18/h2-7,9,15,17-18,26H,8,10-14,16H2,1H3,(H,31,32)/t17-,18-/m1/s1. The second-order valence-corrected chi connectivity index (χ2v) is 9.35. The minimum atomic E-state index is -2.87. The number of alkyl halides is 2. The molecular weight excluding hydrogens is 469 g/mol. The van der Waals surface area contributed by atoms with Crippen LogP contribution in [0.5, 0.6) is 0 Å². The van der Waals surface area contributed by atoms with Crippen molar-refractivity contribution >= 4 is 28.2 Å². The van der Waals surface area contributed by atoms with Gasteiger partial charge in [0.15, 0.2) is 0 Å². The molecule has 3 heterocycles. The molecule has 2 saturated heterocycles. The molecule has 0 saturated carbocycles. The fourth-order valence-electron chi connectivity index (χ4n) is 5.01. The Hall–Kier alpha value is -3.33. The van der Waals surface area contributed by atoms with Crippen molar-refractivity contribution in [3.05, 3.63) is 65.6 Å². The second-order valence-electron chi connectivity index (χ2n) is 9.35. The Labute approximate surface area is 208 Å². The molecule has 0 bridgehead atoms. The molecule has 0 radical (unpaired) electrons. The number of carbonyl (C=O) groups is 1. The highest BCUT2D eigenvalue weighted by Crippen LogP contribution is 2.32. The topological polar surface area (TPSA) is 57.7 Å². The summed E-state index contributed by atoms with van der Waals surface area (Å²) < 4.78 is 46.4.